The number of hydrogen-bond donors (Lipinski definition) is 1. The molecule has 23 heavy (non-hydrogen) atoms. The normalized spacial score (nSPS) is 19.0. The highest BCUT2D eigenvalue weighted by Gasteiger charge is 2.26. The maximum absolute atomic E-state index is 12.7. The molecule has 0 radical (unpaired) electrons. The predicted octanol–water partition coefficient (Wildman–Crippen LogP) is 2.40. The Kier molecular flexibility index (Phi) is 4.91. The van der Waals surface area contributed by atoms with Gasteiger partial charge in [0.2, 0.25) is 0 Å². The van der Waals surface area contributed by atoms with E-state index in [0.29, 0.717) is 18.6 Å². The lowest BCUT2D eigenvalue weighted by atomic mass is 10.0. The average Bonchev–Trinajstić information content (AvgIpc) is 3.05. The Labute approximate surface area is 138 Å². The van der Waals surface area contributed by atoms with Crippen molar-refractivity contribution in [3.63, 3.8) is 0 Å². The van der Waals surface area contributed by atoms with Gasteiger partial charge in [0.15, 0.2) is 0 Å². The number of aliphatic imine (C=N–C) groups is 1. The number of likely N-dealkylation sites (tertiary alicyclic amines) is 1. The third kappa shape index (κ3) is 3.88. The zero-order valence-corrected chi connectivity index (χ0v) is 14.0. The fourth-order valence-electron chi connectivity index (χ4n) is 3.26. The van der Waals surface area contributed by atoms with Crippen LogP contribution in [0.15, 0.2) is 47.0 Å². The zero-order chi connectivity index (χ0) is 16.2. The van der Waals surface area contributed by atoms with Crippen LogP contribution in [0.4, 0.5) is 0 Å². The van der Waals surface area contributed by atoms with Crippen molar-refractivity contribution < 1.29 is 4.79 Å². The monoisotopic (exact) mass is 311 g/mol. The average molecular weight is 311 g/mol. The van der Waals surface area contributed by atoms with Crippen LogP contribution in [-0.2, 0) is 4.79 Å². The molecule has 1 aromatic rings. The number of piperidine rings is 1. The van der Waals surface area contributed by atoms with Gasteiger partial charge >= 0.3 is 0 Å². The first-order valence-electron chi connectivity index (χ1n) is 8.49. The van der Waals surface area contributed by atoms with Gasteiger partial charge in [0.1, 0.15) is 0 Å². The molecular weight excluding hydrogens is 286 g/mol. The second kappa shape index (κ2) is 7.09. The molecule has 0 bridgehead atoms. The lowest BCUT2D eigenvalue weighted by Crippen LogP contribution is -2.47. The Hall–Kier alpha value is -1.94. The fourth-order valence-corrected chi connectivity index (χ4v) is 3.26. The molecule has 1 aromatic carbocycles. The summed E-state index contributed by atoms with van der Waals surface area (Å²) in [6.45, 7) is 6.52. The van der Waals surface area contributed by atoms with Gasteiger partial charge in [-0.05, 0) is 24.5 Å². The summed E-state index contributed by atoms with van der Waals surface area (Å²) in [6.07, 6.45) is 4.02. The molecule has 4 nitrogen and oxygen atoms in total. The first-order chi connectivity index (χ1) is 11.1. The number of carbonyl (C=O) groups excluding carboxylic acids is 1. The third-order valence-corrected chi connectivity index (χ3v) is 4.43. The van der Waals surface area contributed by atoms with Gasteiger partial charge in [-0.1, -0.05) is 44.2 Å². The number of rotatable bonds is 4. The second-order valence-corrected chi connectivity index (χ2v) is 6.62. The summed E-state index contributed by atoms with van der Waals surface area (Å²) >= 11 is 0. The molecule has 1 N–H and O–H groups in total. The van der Waals surface area contributed by atoms with Crippen LogP contribution < -0.4 is 5.32 Å². The van der Waals surface area contributed by atoms with Crippen molar-refractivity contribution in [2.45, 2.75) is 38.8 Å². The van der Waals surface area contributed by atoms with Gasteiger partial charge in [0, 0.05) is 30.7 Å². The molecule has 1 amide bonds. The molecule has 122 valence electrons. The van der Waals surface area contributed by atoms with Crippen molar-refractivity contribution >= 4 is 11.6 Å². The predicted molar refractivity (Wildman–Crippen MR) is 93.8 cm³/mol. The molecule has 0 unspecified atom stereocenters. The van der Waals surface area contributed by atoms with Crippen molar-refractivity contribution in [2.75, 3.05) is 19.6 Å². The van der Waals surface area contributed by atoms with E-state index < -0.39 is 0 Å². The smallest absolute Gasteiger partial charge is 0.251 e. The van der Waals surface area contributed by atoms with Gasteiger partial charge in [-0.15, -0.1) is 0 Å². The van der Waals surface area contributed by atoms with E-state index in [4.69, 9.17) is 0 Å². The summed E-state index contributed by atoms with van der Waals surface area (Å²) in [4.78, 5) is 19.2. The van der Waals surface area contributed by atoms with E-state index in [2.05, 4.69) is 24.2 Å². The minimum Gasteiger partial charge on any atom is -0.339 e. The number of nitrogens with zero attached hydrogens (tertiary/aromatic N) is 2. The Balaban J connectivity index is 1.58. The van der Waals surface area contributed by atoms with Crippen molar-refractivity contribution in [3.8, 4) is 0 Å². The van der Waals surface area contributed by atoms with Crippen LogP contribution in [0.25, 0.3) is 0 Å². The molecule has 0 atom stereocenters. The molecule has 4 heteroatoms. The molecule has 0 spiro atoms. The van der Waals surface area contributed by atoms with Gasteiger partial charge < -0.3 is 10.2 Å². The lowest BCUT2D eigenvalue weighted by molar-refractivity contribution is -0.128. The molecule has 2 aliphatic rings. The Bertz CT molecular complexity index is 611. The largest absolute Gasteiger partial charge is 0.339 e. The third-order valence-electron chi connectivity index (χ3n) is 4.43. The summed E-state index contributed by atoms with van der Waals surface area (Å²) in [5.41, 5.74) is 2.82. The van der Waals surface area contributed by atoms with E-state index in [1.807, 2.05) is 41.3 Å². The summed E-state index contributed by atoms with van der Waals surface area (Å²) in [5, 5.41) is 3.56. The SMILES string of the molecule is CC(C)NC1CCN(C(=O)C2=CC(c3ccccc3)=NC2)CC1. The molecular formula is C19H25N3O. The van der Waals surface area contributed by atoms with Crippen LogP contribution in [0.5, 0.6) is 0 Å². The highest BCUT2D eigenvalue weighted by molar-refractivity contribution is 6.15. The first kappa shape index (κ1) is 15.9. The van der Waals surface area contributed by atoms with Crippen LogP contribution in [0.3, 0.4) is 0 Å². The molecule has 1 saturated heterocycles. The molecule has 1 fully saturated rings. The van der Waals surface area contributed by atoms with Gasteiger partial charge in [-0.2, -0.15) is 0 Å². The van der Waals surface area contributed by atoms with E-state index >= 15 is 0 Å². The minimum atomic E-state index is 0.155. The number of carbonyl (C=O) groups is 1. The van der Waals surface area contributed by atoms with E-state index in [1.54, 1.807) is 0 Å². The maximum Gasteiger partial charge on any atom is 0.251 e. The first-order valence-corrected chi connectivity index (χ1v) is 8.49. The van der Waals surface area contributed by atoms with E-state index in [9.17, 15) is 4.79 Å². The minimum absolute atomic E-state index is 0.155. The van der Waals surface area contributed by atoms with Crippen LogP contribution >= 0.6 is 0 Å². The number of amides is 1. The lowest BCUT2D eigenvalue weighted by Gasteiger charge is -2.33. The zero-order valence-electron chi connectivity index (χ0n) is 14.0. The molecule has 3 rings (SSSR count). The molecule has 2 aliphatic heterocycles. The number of allylic oxidation sites excluding steroid dienone is 1. The van der Waals surface area contributed by atoms with Crippen molar-refractivity contribution in [2.24, 2.45) is 4.99 Å². The Morgan fingerprint density at radius 2 is 1.91 bits per heavy atom. The van der Waals surface area contributed by atoms with Crippen LogP contribution in [0.2, 0.25) is 0 Å². The second-order valence-electron chi connectivity index (χ2n) is 6.62. The van der Waals surface area contributed by atoms with Crippen LogP contribution in [0.1, 0.15) is 32.3 Å². The summed E-state index contributed by atoms with van der Waals surface area (Å²) in [7, 11) is 0. The van der Waals surface area contributed by atoms with Gasteiger partial charge in [-0.3, -0.25) is 9.79 Å². The Morgan fingerprint density at radius 3 is 2.57 bits per heavy atom. The molecule has 0 aliphatic carbocycles. The quantitative estimate of drug-likeness (QED) is 0.928. The van der Waals surface area contributed by atoms with Gasteiger partial charge in [0.05, 0.1) is 12.3 Å². The molecule has 2 heterocycles. The van der Waals surface area contributed by atoms with Crippen molar-refractivity contribution in [1.29, 1.82) is 0 Å². The molecule has 0 aromatic heterocycles. The fraction of sp³-hybridized carbons (Fsp3) is 0.474. The van der Waals surface area contributed by atoms with E-state index in [-0.39, 0.29) is 5.91 Å². The number of benzene rings is 1. The maximum atomic E-state index is 12.7. The van der Waals surface area contributed by atoms with Gasteiger partial charge in [-0.25, -0.2) is 0 Å². The number of nitrogens with one attached hydrogen (secondary N) is 1. The summed E-state index contributed by atoms with van der Waals surface area (Å²) in [6, 6.07) is 11.1. The topological polar surface area (TPSA) is 44.7 Å². The van der Waals surface area contributed by atoms with E-state index in [0.717, 1.165) is 42.8 Å². The molecule has 0 saturated carbocycles. The number of hydrogen-bond acceptors (Lipinski definition) is 3. The van der Waals surface area contributed by atoms with Gasteiger partial charge in [0.25, 0.3) is 5.91 Å². The highest BCUT2D eigenvalue weighted by atomic mass is 16.2. The van der Waals surface area contributed by atoms with Crippen molar-refractivity contribution in [1.82, 2.24) is 10.2 Å². The standard InChI is InChI=1S/C19H25N3O/c1-14(2)21-17-8-10-22(11-9-17)19(23)16-12-18(20-13-16)15-6-4-3-5-7-15/h3-7,12,14,17,21H,8-11,13H2,1-2H3. The highest BCUT2D eigenvalue weighted by Crippen LogP contribution is 2.18. The summed E-state index contributed by atoms with van der Waals surface area (Å²) < 4.78 is 0. The van der Waals surface area contributed by atoms with Crippen LogP contribution in [-0.4, -0.2) is 48.2 Å². The van der Waals surface area contributed by atoms with Crippen LogP contribution in [0, 0.1) is 0 Å². The Morgan fingerprint density at radius 1 is 1.22 bits per heavy atom. The van der Waals surface area contributed by atoms with E-state index in [1.165, 1.54) is 0 Å². The summed E-state index contributed by atoms with van der Waals surface area (Å²) in [5.74, 6) is 0.155. The van der Waals surface area contributed by atoms with Crippen molar-refractivity contribution in [3.05, 3.63) is 47.5 Å².